The highest BCUT2D eigenvalue weighted by Gasteiger charge is 2.32. The molecule has 11 nitrogen and oxygen atoms in total. The standard InChI is InChI=1S/C22H19FN4O5.C7H7F3N2.2ClH/c1-3-8-32-22(31)13-4-5-14-12(11(13)2)6-7-16(14)26-20(28)18-9-17(21(29)30)25-19-15(23)10-24-27(18)19;8-7(9,10)6-3-1-2-5(4-11)12-6;;/h3-5,9-10,16H,1,6-8H2,2H3,(H,26,28)(H,29,30);1-3H,4,11H2;2*1H/t16-;;;/m0.../s1. The molecule has 246 valence electrons. The number of nitrogens with zero attached hydrogens (tertiary/aromatic N) is 4. The van der Waals surface area contributed by atoms with Crippen LogP contribution in [0.25, 0.3) is 5.65 Å². The van der Waals surface area contributed by atoms with Crippen molar-refractivity contribution in [2.75, 3.05) is 6.61 Å². The number of carboxylic acids is 1. The van der Waals surface area contributed by atoms with Crippen molar-refractivity contribution in [1.29, 1.82) is 0 Å². The molecular weight excluding hydrogens is 659 g/mol. The van der Waals surface area contributed by atoms with Crippen LogP contribution in [0.3, 0.4) is 0 Å². The number of aromatic carboxylic acids is 1. The van der Waals surface area contributed by atoms with E-state index in [2.05, 4.69) is 27.0 Å². The molecule has 0 aliphatic heterocycles. The Balaban J connectivity index is 0.000000447. The second-order valence-corrected chi connectivity index (χ2v) is 9.53. The first-order valence-electron chi connectivity index (χ1n) is 13.1. The van der Waals surface area contributed by atoms with E-state index in [1.807, 2.05) is 6.92 Å². The number of hydrogen-bond acceptors (Lipinski definition) is 8. The van der Waals surface area contributed by atoms with Gasteiger partial charge in [0.1, 0.15) is 18.0 Å². The predicted molar refractivity (Wildman–Crippen MR) is 162 cm³/mol. The molecule has 46 heavy (non-hydrogen) atoms. The normalized spacial score (nSPS) is 13.3. The summed E-state index contributed by atoms with van der Waals surface area (Å²) >= 11 is 0. The SMILES string of the molecule is C=CCOC(=O)c1ccc2c(c1C)CC[C@@H]2NC(=O)c1cc(C(=O)O)nc2c(F)cnn12.Cl.Cl.NCc1cccc(C(F)(F)F)n1. The molecule has 17 heteroatoms. The highest BCUT2D eigenvalue weighted by Crippen LogP contribution is 2.35. The number of benzene rings is 1. The summed E-state index contributed by atoms with van der Waals surface area (Å²) in [5.74, 6) is -3.29. The zero-order chi connectivity index (χ0) is 32.2. The van der Waals surface area contributed by atoms with Gasteiger partial charge in [0.15, 0.2) is 17.2 Å². The summed E-state index contributed by atoms with van der Waals surface area (Å²) < 4.78 is 56.0. The first kappa shape index (κ1) is 37.6. The maximum atomic E-state index is 13.9. The molecule has 0 fully saturated rings. The van der Waals surface area contributed by atoms with Gasteiger partial charge in [-0.25, -0.2) is 28.5 Å². The maximum absolute atomic E-state index is 13.9. The molecule has 1 aliphatic rings. The molecule has 0 radical (unpaired) electrons. The Morgan fingerprint density at radius 1 is 1.20 bits per heavy atom. The van der Waals surface area contributed by atoms with Crippen molar-refractivity contribution in [2.45, 2.75) is 38.5 Å². The number of hydrogen-bond donors (Lipinski definition) is 3. The minimum atomic E-state index is -4.38. The first-order valence-corrected chi connectivity index (χ1v) is 13.1. The van der Waals surface area contributed by atoms with E-state index in [1.165, 1.54) is 18.2 Å². The molecule has 5 rings (SSSR count). The van der Waals surface area contributed by atoms with Crippen LogP contribution in [0.5, 0.6) is 0 Å². The fraction of sp³-hybridized carbons (Fsp3) is 0.241. The molecule has 1 amide bonds. The number of halogens is 6. The molecule has 1 aliphatic carbocycles. The minimum Gasteiger partial charge on any atom is -0.477 e. The monoisotopic (exact) mass is 686 g/mol. The Kier molecular flexibility index (Phi) is 12.7. The number of carboxylic acid groups (broad SMARTS) is 1. The van der Waals surface area contributed by atoms with Gasteiger partial charge in [-0.1, -0.05) is 24.8 Å². The summed E-state index contributed by atoms with van der Waals surface area (Å²) in [4.78, 5) is 43.6. The number of aromatic nitrogens is 4. The Labute approximate surface area is 271 Å². The smallest absolute Gasteiger partial charge is 0.433 e. The van der Waals surface area contributed by atoms with Crippen molar-refractivity contribution in [2.24, 2.45) is 5.73 Å². The fourth-order valence-electron chi connectivity index (χ4n) is 4.65. The lowest BCUT2D eigenvalue weighted by molar-refractivity contribution is -0.141. The van der Waals surface area contributed by atoms with E-state index in [-0.39, 0.29) is 61.0 Å². The second-order valence-electron chi connectivity index (χ2n) is 9.53. The number of nitrogens with two attached hydrogens (primary N) is 1. The Morgan fingerprint density at radius 3 is 2.54 bits per heavy atom. The van der Waals surface area contributed by atoms with Crippen molar-refractivity contribution in [3.05, 3.63) is 106 Å². The topological polar surface area (TPSA) is 162 Å². The number of pyridine rings is 1. The summed E-state index contributed by atoms with van der Waals surface area (Å²) in [6, 6.07) is 7.76. The van der Waals surface area contributed by atoms with Crippen LogP contribution in [0.1, 0.15) is 71.9 Å². The number of fused-ring (bicyclic) bond motifs is 2. The molecule has 3 heterocycles. The number of rotatable bonds is 7. The lowest BCUT2D eigenvalue weighted by Crippen LogP contribution is -2.29. The van der Waals surface area contributed by atoms with Gasteiger partial charge in [-0.3, -0.25) is 4.79 Å². The molecule has 0 saturated heterocycles. The number of alkyl halides is 3. The van der Waals surface area contributed by atoms with Crippen molar-refractivity contribution in [3.8, 4) is 0 Å². The summed E-state index contributed by atoms with van der Waals surface area (Å²) in [5, 5.41) is 15.9. The number of carbonyl (C=O) groups excluding carboxylic acids is 2. The summed E-state index contributed by atoms with van der Waals surface area (Å²) in [6.45, 7) is 5.48. The van der Waals surface area contributed by atoms with E-state index in [1.54, 1.807) is 12.1 Å². The van der Waals surface area contributed by atoms with E-state index < -0.39 is 41.2 Å². The fourth-order valence-corrected chi connectivity index (χ4v) is 4.65. The van der Waals surface area contributed by atoms with E-state index in [4.69, 9.17) is 10.5 Å². The third-order valence-electron chi connectivity index (χ3n) is 6.74. The van der Waals surface area contributed by atoms with Crippen molar-refractivity contribution in [1.82, 2.24) is 24.9 Å². The Morgan fingerprint density at radius 2 is 1.91 bits per heavy atom. The number of ether oxygens (including phenoxy) is 1. The van der Waals surface area contributed by atoms with Crippen LogP contribution in [-0.4, -0.2) is 49.1 Å². The number of esters is 1. The lowest BCUT2D eigenvalue weighted by atomic mass is 9.98. The molecule has 0 bridgehead atoms. The van der Waals surface area contributed by atoms with Gasteiger partial charge < -0.3 is 20.9 Å². The molecule has 4 N–H and O–H groups in total. The quantitative estimate of drug-likeness (QED) is 0.137. The predicted octanol–water partition coefficient (Wildman–Crippen LogP) is 5.04. The van der Waals surface area contributed by atoms with Gasteiger partial charge in [0.25, 0.3) is 5.91 Å². The van der Waals surface area contributed by atoms with E-state index in [9.17, 15) is 37.1 Å². The molecular formula is C29H28Cl2F4N6O5. The second kappa shape index (κ2) is 15.6. The van der Waals surface area contributed by atoms with Crippen LogP contribution in [0.2, 0.25) is 0 Å². The zero-order valence-corrected chi connectivity index (χ0v) is 25.6. The number of nitrogens with one attached hydrogen (secondary N) is 1. The van der Waals surface area contributed by atoms with Crippen LogP contribution >= 0.6 is 24.8 Å². The van der Waals surface area contributed by atoms with Gasteiger partial charge in [0.05, 0.1) is 23.5 Å². The highest BCUT2D eigenvalue weighted by atomic mass is 35.5. The molecule has 1 aromatic carbocycles. The number of carbonyl (C=O) groups is 3. The molecule has 4 aromatic rings. The third-order valence-corrected chi connectivity index (χ3v) is 6.74. The molecule has 1 atom stereocenters. The largest absolute Gasteiger partial charge is 0.477 e. The molecule has 0 spiro atoms. The van der Waals surface area contributed by atoms with Crippen LogP contribution in [0.4, 0.5) is 17.6 Å². The van der Waals surface area contributed by atoms with Crippen LogP contribution in [0, 0.1) is 12.7 Å². The summed E-state index contributed by atoms with van der Waals surface area (Å²) in [6.07, 6.45) is -0.807. The van der Waals surface area contributed by atoms with Crippen LogP contribution in [0.15, 0.2) is 55.3 Å². The average molecular weight is 687 g/mol. The van der Waals surface area contributed by atoms with Gasteiger partial charge in [0, 0.05) is 12.6 Å². The average Bonchev–Trinajstić information content (AvgIpc) is 3.59. The highest BCUT2D eigenvalue weighted by molar-refractivity contribution is 5.96. The molecule has 0 unspecified atom stereocenters. The Hall–Kier alpha value is -4.60. The van der Waals surface area contributed by atoms with Crippen molar-refractivity contribution in [3.63, 3.8) is 0 Å². The maximum Gasteiger partial charge on any atom is 0.433 e. The van der Waals surface area contributed by atoms with E-state index in [0.29, 0.717) is 18.4 Å². The van der Waals surface area contributed by atoms with Gasteiger partial charge in [-0.2, -0.15) is 18.3 Å². The van der Waals surface area contributed by atoms with E-state index >= 15 is 0 Å². The molecule has 0 saturated carbocycles. The summed E-state index contributed by atoms with van der Waals surface area (Å²) in [7, 11) is 0. The van der Waals surface area contributed by atoms with Gasteiger partial charge in [0.2, 0.25) is 0 Å². The number of amides is 1. The Bertz CT molecular complexity index is 1770. The van der Waals surface area contributed by atoms with Gasteiger partial charge >= 0.3 is 18.1 Å². The first-order chi connectivity index (χ1) is 20.8. The zero-order valence-electron chi connectivity index (χ0n) is 24.0. The van der Waals surface area contributed by atoms with Crippen molar-refractivity contribution < 1.29 is 41.8 Å². The van der Waals surface area contributed by atoms with Crippen LogP contribution in [-0.2, 0) is 23.9 Å². The van der Waals surface area contributed by atoms with Crippen LogP contribution < -0.4 is 11.1 Å². The van der Waals surface area contributed by atoms with Crippen molar-refractivity contribution >= 4 is 48.3 Å². The third kappa shape index (κ3) is 8.16. The van der Waals surface area contributed by atoms with Gasteiger partial charge in [-0.05, 0) is 54.7 Å². The van der Waals surface area contributed by atoms with Gasteiger partial charge in [-0.15, -0.1) is 24.8 Å². The lowest BCUT2D eigenvalue weighted by Gasteiger charge is -2.16. The summed E-state index contributed by atoms with van der Waals surface area (Å²) in [5.41, 5.74) is 6.54. The molecule has 3 aromatic heterocycles. The minimum absolute atomic E-state index is 0. The van der Waals surface area contributed by atoms with E-state index in [0.717, 1.165) is 39.5 Å².